The van der Waals surface area contributed by atoms with Crippen LogP contribution in [0.25, 0.3) is 0 Å². The van der Waals surface area contributed by atoms with E-state index in [-0.39, 0.29) is 5.92 Å². The molecule has 13 heavy (non-hydrogen) atoms. The lowest BCUT2D eigenvalue weighted by Crippen LogP contribution is -2.49. The summed E-state index contributed by atoms with van der Waals surface area (Å²) in [5.74, 6) is -0.799. The molecule has 5 nitrogen and oxygen atoms in total. The first-order chi connectivity index (χ1) is 6.09. The molecule has 78 valence electrons. The van der Waals surface area contributed by atoms with Crippen LogP contribution >= 0.6 is 0 Å². The van der Waals surface area contributed by atoms with Crippen LogP contribution < -0.4 is 10.9 Å². The first-order valence-corrected chi connectivity index (χ1v) is 4.29. The van der Waals surface area contributed by atoms with Crippen LogP contribution in [0.4, 0.5) is 0 Å². The van der Waals surface area contributed by atoms with Crippen molar-refractivity contribution in [2.45, 2.75) is 19.9 Å². The van der Waals surface area contributed by atoms with Crippen molar-refractivity contribution >= 4 is 5.97 Å². The lowest BCUT2D eigenvalue weighted by molar-refractivity contribution is -0.141. The van der Waals surface area contributed by atoms with Crippen LogP contribution in [-0.4, -0.2) is 37.4 Å². The van der Waals surface area contributed by atoms with Gasteiger partial charge in [0.05, 0.1) is 6.61 Å². The highest BCUT2D eigenvalue weighted by Gasteiger charge is 2.19. The third-order valence-corrected chi connectivity index (χ3v) is 1.62. The Balaban J connectivity index is 3.64. The zero-order valence-electron chi connectivity index (χ0n) is 8.33. The number of hydrogen-bond donors (Lipinski definition) is 3. The Kier molecular flexibility index (Phi) is 6.48. The van der Waals surface area contributed by atoms with Gasteiger partial charge in [-0.3, -0.25) is 10.2 Å². The summed E-state index contributed by atoms with van der Waals surface area (Å²) in [4.78, 5) is 10.7. The van der Waals surface area contributed by atoms with Crippen molar-refractivity contribution in [2.24, 2.45) is 5.92 Å². The van der Waals surface area contributed by atoms with Gasteiger partial charge in [-0.05, 0) is 5.92 Å². The number of carboxylic acid groups (broad SMARTS) is 1. The maximum Gasteiger partial charge on any atom is 0.322 e. The van der Waals surface area contributed by atoms with E-state index < -0.39 is 12.0 Å². The van der Waals surface area contributed by atoms with Gasteiger partial charge in [0.2, 0.25) is 0 Å². The number of ether oxygens (including phenoxy) is 1. The zero-order chi connectivity index (χ0) is 10.3. The van der Waals surface area contributed by atoms with Crippen LogP contribution in [-0.2, 0) is 9.53 Å². The van der Waals surface area contributed by atoms with Crippen LogP contribution in [0, 0.1) is 5.92 Å². The Hall–Kier alpha value is -0.650. The highest BCUT2D eigenvalue weighted by Crippen LogP contribution is 1.99. The Bertz CT molecular complexity index is 150. The summed E-state index contributed by atoms with van der Waals surface area (Å²) in [5, 5.41) is 8.77. The number of aliphatic carboxylic acids is 1. The van der Waals surface area contributed by atoms with E-state index in [1.54, 1.807) is 7.11 Å². The van der Waals surface area contributed by atoms with Crippen molar-refractivity contribution in [2.75, 3.05) is 20.3 Å². The topological polar surface area (TPSA) is 70.6 Å². The fourth-order valence-electron chi connectivity index (χ4n) is 0.849. The summed E-state index contributed by atoms with van der Waals surface area (Å²) in [5.41, 5.74) is 5.52. The molecule has 0 aromatic heterocycles. The molecule has 0 saturated carbocycles. The molecule has 0 saturated heterocycles. The molecule has 0 amide bonds. The molecule has 1 atom stereocenters. The second-order valence-corrected chi connectivity index (χ2v) is 3.12. The molecule has 0 radical (unpaired) electrons. The van der Waals surface area contributed by atoms with Crippen LogP contribution in [0.1, 0.15) is 13.8 Å². The standard InChI is InChI=1S/C8H18N2O3/c1-6(2)7(8(11)12)10-9-4-5-13-3/h6-7,9-10H,4-5H2,1-3H3,(H,11,12)/t7-/m0/s1. The van der Waals surface area contributed by atoms with Crippen molar-refractivity contribution in [3.63, 3.8) is 0 Å². The average Bonchev–Trinajstić information content (AvgIpc) is 2.02. The fourth-order valence-corrected chi connectivity index (χ4v) is 0.849. The van der Waals surface area contributed by atoms with Crippen molar-refractivity contribution in [3.05, 3.63) is 0 Å². The van der Waals surface area contributed by atoms with Gasteiger partial charge in [0.25, 0.3) is 0 Å². The van der Waals surface area contributed by atoms with Gasteiger partial charge in [0.15, 0.2) is 0 Å². The van der Waals surface area contributed by atoms with Gasteiger partial charge in [-0.1, -0.05) is 13.8 Å². The Morgan fingerprint density at radius 1 is 1.54 bits per heavy atom. The molecule has 0 heterocycles. The first kappa shape index (κ1) is 12.3. The van der Waals surface area contributed by atoms with Crippen molar-refractivity contribution in [1.82, 2.24) is 10.9 Å². The SMILES string of the molecule is COCCNN[C@H](C(=O)O)C(C)C. The van der Waals surface area contributed by atoms with Gasteiger partial charge in [-0.25, -0.2) is 5.43 Å². The molecular weight excluding hydrogens is 172 g/mol. The van der Waals surface area contributed by atoms with Gasteiger partial charge in [-0.15, -0.1) is 0 Å². The normalized spacial score (nSPS) is 13.2. The molecular formula is C8H18N2O3. The van der Waals surface area contributed by atoms with Crippen molar-refractivity contribution in [1.29, 1.82) is 0 Å². The van der Waals surface area contributed by atoms with Gasteiger partial charge in [-0.2, -0.15) is 0 Å². The lowest BCUT2D eigenvalue weighted by Gasteiger charge is -2.18. The summed E-state index contributed by atoms with van der Waals surface area (Å²) < 4.78 is 4.79. The predicted molar refractivity (Wildman–Crippen MR) is 49.3 cm³/mol. The largest absolute Gasteiger partial charge is 0.480 e. The number of hydrogen-bond acceptors (Lipinski definition) is 4. The summed E-state index contributed by atoms with van der Waals surface area (Å²) in [6, 6.07) is -0.558. The number of carboxylic acids is 1. The van der Waals surface area contributed by atoms with E-state index >= 15 is 0 Å². The Morgan fingerprint density at radius 2 is 2.15 bits per heavy atom. The Morgan fingerprint density at radius 3 is 2.54 bits per heavy atom. The minimum atomic E-state index is -0.847. The summed E-state index contributed by atoms with van der Waals surface area (Å²) in [6.45, 7) is 4.85. The van der Waals surface area contributed by atoms with Crippen LogP contribution in [0.2, 0.25) is 0 Å². The molecule has 0 rings (SSSR count). The number of rotatable bonds is 7. The van der Waals surface area contributed by atoms with Crippen LogP contribution in [0.5, 0.6) is 0 Å². The van der Waals surface area contributed by atoms with Gasteiger partial charge >= 0.3 is 5.97 Å². The second-order valence-electron chi connectivity index (χ2n) is 3.12. The number of methoxy groups -OCH3 is 1. The molecule has 0 aliphatic rings. The number of carbonyl (C=O) groups is 1. The molecule has 0 aromatic carbocycles. The molecule has 0 fully saturated rings. The van der Waals surface area contributed by atoms with Gasteiger partial charge in [0.1, 0.15) is 6.04 Å². The quantitative estimate of drug-likeness (QED) is 0.384. The molecule has 0 unspecified atom stereocenters. The monoisotopic (exact) mass is 190 g/mol. The maximum atomic E-state index is 10.7. The molecule has 0 bridgehead atoms. The average molecular weight is 190 g/mol. The fraction of sp³-hybridized carbons (Fsp3) is 0.875. The smallest absolute Gasteiger partial charge is 0.322 e. The van der Waals surface area contributed by atoms with E-state index in [0.29, 0.717) is 13.2 Å². The minimum absolute atomic E-state index is 0.0487. The third-order valence-electron chi connectivity index (χ3n) is 1.62. The number of hydrazine groups is 1. The van der Waals surface area contributed by atoms with E-state index in [2.05, 4.69) is 10.9 Å². The molecule has 0 spiro atoms. The van der Waals surface area contributed by atoms with Crippen LogP contribution in [0.15, 0.2) is 0 Å². The summed E-state index contributed by atoms with van der Waals surface area (Å²) in [7, 11) is 1.60. The lowest BCUT2D eigenvalue weighted by atomic mass is 10.1. The highest BCUT2D eigenvalue weighted by atomic mass is 16.5. The van der Waals surface area contributed by atoms with E-state index in [1.165, 1.54) is 0 Å². The minimum Gasteiger partial charge on any atom is -0.480 e. The molecule has 0 aliphatic heterocycles. The predicted octanol–water partition coefficient (Wildman–Crippen LogP) is -0.164. The molecule has 5 heteroatoms. The zero-order valence-corrected chi connectivity index (χ0v) is 8.33. The van der Waals surface area contributed by atoms with Gasteiger partial charge < -0.3 is 9.84 Å². The Labute approximate surface area is 78.4 Å². The summed E-state index contributed by atoms with van der Waals surface area (Å²) >= 11 is 0. The molecule has 0 aromatic rings. The van der Waals surface area contributed by atoms with E-state index in [0.717, 1.165) is 0 Å². The number of nitrogens with one attached hydrogen (secondary N) is 2. The molecule has 0 aliphatic carbocycles. The third kappa shape index (κ3) is 5.57. The first-order valence-electron chi connectivity index (χ1n) is 4.29. The van der Waals surface area contributed by atoms with E-state index in [1.807, 2.05) is 13.8 Å². The highest BCUT2D eigenvalue weighted by molar-refractivity contribution is 5.73. The van der Waals surface area contributed by atoms with Crippen molar-refractivity contribution < 1.29 is 14.6 Å². The van der Waals surface area contributed by atoms with Gasteiger partial charge in [0, 0.05) is 13.7 Å². The van der Waals surface area contributed by atoms with E-state index in [9.17, 15) is 4.79 Å². The van der Waals surface area contributed by atoms with Crippen molar-refractivity contribution in [3.8, 4) is 0 Å². The maximum absolute atomic E-state index is 10.7. The summed E-state index contributed by atoms with van der Waals surface area (Å²) in [6.07, 6.45) is 0. The van der Waals surface area contributed by atoms with E-state index in [4.69, 9.17) is 9.84 Å². The molecule has 3 N–H and O–H groups in total. The second kappa shape index (κ2) is 6.82. The van der Waals surface area contributed by atoms with Crippen LogP contribution in [0.3, 0.4) is 0 Å².